The Bertz CT molecular complexity index is 777. The minimum atomic E-state index is -0.492. The fourth-order valence-corrected chi connectivity index (χ4v) is 3.46. The molecule has 2 aromatic carbocycles. The molecule has 1 aliphatic heterocycles. The highest BCUT2D eigenvalue weighted by molar-refractivity contribution is 9.10. The van der Waals surface area contributed by atoms with Crippen molar-refractivity contribution >= 4 is 49.4 Å². The molecule has 1 aliphatic rings. The van der Waals surface area contributed by atoms with E-state index in [1.807, 2.05) is 36.4 Å². The van der Waals surface area contributed by atoms with Crippen LogP contribution in [0.15, 0.2) is 57.5 Å². The van der Waals surface area contributed by atoms with Gasteiger partial charge in [0.1, 0.15) is 6.04 Å². The summed E-state index contributed by atoms with van der Waals surface area (Å²) in [5, 5.41) is 0. The summed E-state index contributed by atoms with van der Waals surface area (Å²) in [5.74, 6) is -0.179. The summed E-state index contributed by atoms with van der Waals surface area (Å²) in [6.07, 6.45) is 0. The van der Waals surface area contributed by atoms with Crippen LogP contribution >= 0.6 is 31.9 Å². The second-order valence-electron chi connectivity index (χ2n) is 5.65. The first kappa shape index (κ1) is 17.2. The van der Waals surface area contributed by atoms with Gasteiger partial charge in [-0.25, -0.2) is 0 Å². The number of hydrogen-bond acceptors (Lipinski definition) is 2. The number of benzene rings is 2. The summed E-state index contributed by atoms with van der Waals surface area (Å²) in [4.78, 5) is 28.8. The average molecular weight is 452 g/mol. The van der Waals surface area contributed by atoms with Crippen molar-refractivity contribution in [3.05, 3.63) is 63.0 Å². The standard InChI is InChI=1S/C18H16Br2N2O2/c1-12-17(23)22(16-4-2-3-15(20)11-16)10-9-21(12)18(24)13-5-7-14(19)8-6-13/h2-8,11-12H,9-10H2,1H3/t12-/m0/s1. The van der Waals surface area contributed by atoms with E-state index in [4.69, 9.17) is 0 Å². The Morgan fingerprint density at radius 1 is 1.04 bits per heavy atom. The Morgan fingerprint density at radius 3 is 2.42 bits per heavy atom. The van der Waals surface area contributed by atoms with Gasteiger partial charge in [0.2, 0.25) is 5.91 Å². The molecule has 2 aromatic rings. The van der Waals surface area contributed by atoms with Gasteiger partial charge in [-0.2, -0.15) is 0 Å². The van der Waals surface area contributed by atoms with Gasteiger partial charge in [-0.15, -0.1) is 0 Å². The monoisotopic (exact) mass is 450 g/mol. The zero-order valence-corrected chi connectivity index (χ0v) is 16.2. The molecule has 0 aromatic heterocycles. The third-order valence-corrected chi connectivity index (χ3v) is 5.15. The molecule has 1 saturated heterocycles. The molecule has 3 rings (SSSR count). The van der Waals surface area contributed by atoms with Crippen molar-refractivity contribution in [2.45, 2.75) is 13.0 Å². The highest BCUT2D eigenvalue weighted by Gasteiger charge is 2.35. The van der Waals surface area contributed by atoms with Gasteiger partial charge in [0.05, 0.1) is 0 Å². The zero-order valence-electron chi connectivity index (χ0n) is 13.1. The molecule has 4 nitrogen and oxygen atoms in total. The Hall–Kier alpha value is -1.66. The van der Waals surface area contributed by atoms with Gasteiger partial charge in [0.15, 0.2) is 0 Å². The van der Waals surface area contributed by atoms with Crippen LogP contribution < -0.4 is 4.90 Å². The molecule has 1 fully saturated rings. The minimum Gasteiger partial charge on any atom is -0.325 e. The third kappa shape index (κ3) is 3.39. The number of halogens is 2. The number of carbonyl (C=O) groups is 2. The molecule has 6 heteroatoms. The first-order chi connectivity index (χ1) is 11.5. The van der Waals surface area contributed by atoms with Crippen molar-refractivity contribution < 1.29 is 9.59 Å². The average Bonchev–Trinajstić information content (AvgIpc) is 2.57. The summed E-state index contributed by atoms with van der Waals surface area (Å²) in [5.41, 5.74) is 1.44. The van der Waals surface area contributed by atoms with Crippen molar-refractivity contribution in [2.24, 2.45) is 0 Å². The lowest BCUT2D eigenvalue weighted by Gasteiger charge is -2.39. The van der Waals surface area contributed by atoms with E-state index in [0.717, 1.165) is 14.6 Å². The minimum absolute atomic E-state index is 0.0650. The van der Waals surface area contributed by atoms with Gasteiger partial charge in [0, 0.05) is 33.3 Å². The van der Waals surface area contributed by atoms with Crippen molar-refractivity contribution in [3.8, 4) is 0 Å². The maximum absolute atomic E-state index is 12.7. The van der Waals surface area contributed by atoms with E-state index in [1.165, 1.54) is 0 Å². The molecule has 1 heterocycles. The fourth-order valence-electron chi connectivity index (χ4n) is 2.81. The van der Waals surface area contributed by atoms with Crippen molar-refractivity contribution in [1.82, 2.24) is 4.90 Å². The van der Waals surface area contributed by atoms with Gasteiger partial charge < -0.3 is 9.80 Å². The number of carbonyl (C=O) groups excluding carboxylic acids is 2. The first-order valence-electron chi connectivity index (χ1n) is 7.61. The number of anilines is 1. The fraction of sp³-hybridized carbons (Fsp3) is 0.222. The van der Waals surface area contributed by atoms with Crippen molar-refractivity contribution in [1.29, 1.82) is 0 Å². The van der Waals surface area contributed by atoms with Crippen LogP contribution in [0, 0.1) is 0 Å². The van der Waals surface area contributed by atoms with Gasteiger partial charge in [-0.05, 0) is 49.4 Å². The maximum Gasteiger partial charge on any atom is 0.254 e. The molecule has 0 unspecified atom stereocenters. The normalized spacial score (nSPS) is 18.0. The zero-order chi connectivity index (χ0) is 17.3. The van der Waals surface area contributed by atoms with Crippen molar-refractivity contribution in [2.75, 3.05) is 18.0 Å². The van der Waals surface area contributed by atoms with E-state index in [2.05, 4.69) is 31.9 Å². The molecule has 0 spiro atoms. The molecule has 2 amide bonds. The Balaban J connectivity index is 1.79. The van der Waals surface area contributed by atoms with Crippen LogP contribution in [0.1, 0.15) is 17.3 Å². The van der Waals surface area contributed by atoms with E-state index in [0.29, 0.717) is 18.7 Å². The smallest absolute Gasteiger partial charge is 0.254 e. The Labute approximate surface area is 157 Å². The van der Waals surface area contributed by atoms with Crippen LogP contribution in [-0.2, 0) is 4.79 Å². The van der Waals surface area contributed by atoms with E-state index < -0.39 is 6.04 Å². The molecule has 1 atom stereocenters. The molecule has 0 radical (unpaired) electrons. The van der Waals surface area contributed by atoms with Crippen LogP contribution in [0.3, 0.4) is 0 Å². The summed E-state index contributed by atoms with van der Waals surface area (Å²) in [6.45, 7) is 2.78. The van der Waals surface area contributed by atoms with E-state index in [1.54, 1.807) is 28.9 Å². The third-order valence-electron chi connectivity index (χ3n) is 4.13. The topological polar surface area (TPSA) is 40.6 Å². The molecule has 24 heavy (non-hydrogen) atoms. The molecule has 0 N–H and O–H groups in total. The van der Waals surface area contributed by atoms with Crippen LogP contribution in [0.5, 0.6) is 0 Å². The summed E-state index contributed by atoms with van der Waals surface area (Å²) in [6, 6.07) is 14.3. The van der Waals surface area contributed by atoms with Crippen LogP contribution in [0.4, 0.5) is 5.69 Å². The Kier molecular flexibility index (Phi) is 5.06. The number of nitrogens with zero attached hydrogens (tertiary/aromatic N) is 2. The van der Waals surface area contributed by atoms with Gasteiger partial charge in [-0.3, -0.25) is 9.59 Å². The SMILES string of the molecule is C[C@H]1C(=O)N(c2cccc(Br)c2)CCN1C(=O)c1ccc(Br)cc1. The number of piperazine rings is 1. The van der Waals surface area contributed by atoms with Crippen LogP contribution in [0.2, 0.25) is 0 Å². The molecular weight excluding hydrogens is 436 g/mol. The second kappa shape index (κ2) is 7.07. The Morgan fingerprint density at radius 2 is 1.75 bits per heavy atom. The van der Waals surface area contributed by atoms with Gasteiger partial charge in [-0.1, -0.05) is 37.9 Å². The van der Waals surface area contributed by atoms with Gasteiger partial charge in [0.25, 0.3) is 5.91 Å². The summed E-state index contributed by atoms with van der Waals surface area (Å²) in [7, 11) is 0. The predicted octanol–water partition coefficient (Wildman–Crippen LogP) is 4.09. The lowest BCUT2D eigenvalue weighted by atomic mass is 10.1. The first-order valence-corrected chi connectivity index (χ1v) is 9.19. The molecule has 0 bridgehead atoms. The van der Waals surface area contributed by atoms with Crippen LogP contribution in [0.25, 0.3) is 0 Å². The van der Waals surface area contributed by atoms with Crippen molar-refractivity contribution in [3.63, 3.8) is 0 Å². The van der Waals surface area contributed by atoms with E-state index in [9.17, 15) is 9.59 Å². The molecule has 124 valence electrons. The summed E-state index contributed by atoms with van der Waals surface area (Å²) < 4.78 is 1.84. The summed E-state index contributed by atoms with van der Waals surface area (Å²) >= 11 is 6.79. The molecular formula is C18H16Br2N2O2. The number of amides is 2. The molecule has 0 saturated carbocycles. The quantitative estimate of drug-likeness (QED) is 0.689. The number of hydrogen-bond donors (Lipinski definition) is 0. The lowest BCUT2D eigenvalue weighted by molar-refractivity contribution is -0.124. The second-order valence-corrected chi connectivity index (χ2v) is 7.48. The van der Waals surface area contributed by atoms with Crippen LogP contribution in [-0.4, -0.2) is 35.8 Å². The predicted molar refractivity (Wildman–Crippen MR) is 101 cm³/mol. The highest BCUT2D eigenvalue weighted by atomic mass is 79.9. The van der Waals surface area contributed by atoms with E-state index in [-0.39, 0.29) is 11.8 Å². The van der Waals surface area contributed by atoms with E-state index >= 15 is 0 Å². The number of rotatable bonds is 2. The highest BCUT2D eigenvalue weighted by Crippen LogP contribution is 2.24. The van der Waals surface area contributed by atoms with Gasteiger partial charge >= 0.3 is 0 Å². The largest absolute Gasteiger partial charge is 0.325 e. The molecule has 0 aliphatic carbocycles. The maximum atomic E-state index is 12.7. The lowest BCUT2D eigenvalue weighted by Crippen LogP contribution is -2.57.